The van der Waals surface area contributed by atoms with E-state index in [4.69, 9.17) is 17.0 Å². The highest BCUT2D eigenvalue weighted by Gasteiger charge is 2.33. The zero-order valence-electron chi connectivity index (χ0n) is 9.97. The van der Waals surface area contributed by atoms with Crippen LogP contribution in [0.1, 0.15) is 5.56 Å². The Kier molecular flexibility index (Phi) is 6.02. The maximum atomic E-state index is 12.8. The fourth-order valence-corrected chi connectivity index (χ4v) is 1.87. The predicted octanol–water partition coefficient (Wildman–Crippen LogP) is 3.40. The van der Waals surface area contributed by atoms with Gasteiger partial charge in [-0.1, -0.05) is 15.9 Å². The third-order valence-electron chi connectivity index (χ3n) is 2.13. The number of benzene rings is 1. The molecule has 2 N–H and O–H groups in total. The third kappa shape index (κ3) is 5.33. The first-order valence-corrected chi connectivity index (χ1v) is 6.45. The maximum absolute atomic E-state index is 12.8. The molecule has 0 spiro atoms. The van der Waals surface area contributed by atoms with Crippen LogP contribution in [0.15, 0.2) is 22.7 Å². The second kappa shape index (κ2) is 7.06. The Morgan fingerprint density at radius 3 is 2.68 bits per heavy atom. The number of hydrogen-bond donors (Lipinski definition) is 2. The van der Waals surface area contributed by atoms with Crippen molar-refractivity contribution in [2.24, 2.45) is 0 Å². The van der Waals surface area contributed by atoms with Gasteiger partial charge in [0.05, 0.1) is 17.9 Å². The Morgan fingerprint density at radius 2 is 2.11 bits per heavy atom. The summed E-state index contributed by atoms with van der Waals surface area (Å²) in [4.78, 5) is 0. The fraction of sp³-hybridized carbons (Fsp3) is 0.364. The lowest BCUT2D eigenvalue weighted by Crippen LogP contribution is -2.31. The average Bonchev–Trinajstić information content (AvgIpc) is 2.30. The molecule has 1 aromatic rings. The maximum Gasteiger partial charge on any atom is 0.418 e. The molecule has 8 heteroatoms. The summed E-state index contributed by atoms with van der Waals surface area (Å²) in [6.45, 7) is 0.828. The lowest BCUT2D eigenvalue weighted by Gasteiger charge is -2.16. The van der Waals surface area contributed by atoms with Crippen LogP contribution in [0.25, 0.3) is 0 Å². The number of thiocarbonyl (C=S) groups is 1. The highest BCUT2D eigenvalue weighted by Crippen LogP contribution is 2.36. The predicted molar refractivity (Wildman–Crippen MR) is 75.2 cm³/mol. The fourth-order valence-electron chi connectivity index (χ4n) is 1.29. The van der Waals surface area contributed by atoms with Crippen molar-refractivity contribution >= 4 is 38.9 Å². The van der Waals surface area contributed by atoms with Crippen LogP contribution in [0.5, 0.6) is 0 Å². The van der Waals surface area contributed by atoms with Crippen molar-refractivity contribution in [2.45, 2.75) is 6.18 Å². The summed E-state index contributed by atoms with van der Waals surface area (Å²) < 4.78 is 43.7. The summed E-state index contributed by atoms with van der Waals surface area (Å²) in [6, 6.07) is 3.83. The van der Waals surface area contributed by atoms with Crippen LogP contribution in [0, 0.1) is 0 Å². The number of hydrogen-bond acceptors (Lipinski definition) is 2. The van der Waals surface area contributed by atoms with Gasteiger partial charge in [0.25, 0.3) is 0 Å². The minimum absolute atomic E-state index is 0.0920. The molecule has 1 rings (SSSR count). The van der Waals surface area contributed by atoms with Gasteiger partial charge in [-0.3, -0.25) is 0 Å². The molecule has 0 saturated heterocycles. The molecule has 0 amide bonds. The number of anilines is 1. The highest BCUT2D eigenvalue weighted by molar-refractivity contribution is 9.10. The number of rotatable bonds is 4. The third-order valence-corrected chi connectivity index (χ3v) is 2.87. The first-order chi connectivity index (χ1) is 8.84. The molecule has 0 aliphatic rings. The standard InChI is InChI=1S/C11H12BrF3N2OS/c1-18-5-4-16-10(19)17-9-3-2-7(12)6-8(9)11(13,14)15/h2-3,6H,4-5H2,1H3,(H2,16,17,19). The van der Waals surface area contributed by atoms with Crippen molar-refractivity contribution in [2.75, 3.05) is 25.6 Å². The summed E-state index contributed by atoms with van der Waals surface area (Å²) >= 11 is 7.92. The molecular weight excluding hydrogens is 345 g/mol. The van der Waals surface area contributed by atoms with Crippen LogP contribution >= 0.6 is 28.1 Å². The second-order valence-corrected chi connectivity index (χ2v) is 4.89. The number of nitrogens with one attached hydrogen (secondary N) is 2. The topological polar surface area (TPSA) is 33.3 Å². The molecule has 0 atom stereocenters. The first-order valence-electron chi connectivity index (χ1n) is 5.25. The van der Waals surface area contributed by atoms with E-state index >= 15 is 0 Å². The number of halogens is 4. The lowest BCUT2D eigenvalue weighted by atomic mass is 10.1. The van der Waals surface area contributed by atoms with Crippen molar-refractivity contribution in [3.8, 4) is 0 Å². The largest absolute Gasteiger partial charge is 0.418 e. The van der Waals surface area contributed by atoms with E-state index in [2.05, 4.69) is 26.6 Å². The average molecular weight is 357 g/mol. The van der Waals surface area contributed by atoms with Gasteiger partial charge in [-0.2, -0.15) is 13.2 Å². The van der Waals surface area contributed by atoms with E-state index < -0.39 is 11.7 Å². The van der Waals surface area contributed by atoms with Gasteiger partial charge in [0.15, 0.2) is 5.11 Å². The molecule has 0 bridgehead atoms. The monoisotopic (exact) mass is 356 g/mol. The zero-order valence-corrected chi connectivity index (χ0v) is 12.4. The molecule has 3 nitrogen and oxygen atoms in total. The molecule has 0 radical (unpaired) electrons. The van der Waals surface area contributed by atoms with Crippen molar-refractivity contribution in [3.63, 3.8) is 0 Å². The lowest BCUT2D eigenvalue weighted by molar-refractivity contribution is -0.136. The Morgan fingerprint density at radius 1 is 1.42 bits per heavy atom. The molecule has 0 saturated carbocycles. The van der Waals surface area contributed by atoms with E-state index in [1.165, 1.54) is 19.2 Å². The Hall–Kier alpha value is -0.860. The van der Waals surface area contributed by atoms with Gasteiger partial charge in [-0.25, -0.2) is 0 Å². The second-order valence-electron chi connectivity index (χ2n) is 3.56. The van der Waals surface area contributed by atoms with Gasteiger partial charge < -0.3 is 15.4 Å². The number of ether oxygens (including phenoxy) is 1. The SMILES string of the molecule is COCCNC(=S)Nc1ccc(Br)cc1C(F)(F)F. The van der Waals surface area contributed by atoms with Gasteiger partial charge in [0.2, 0.25) is 0 Å². The summed E-state index contributed by atoms with van der Waals surface area (Å²) in [5.74, 6) is 0. The van der Waals surface area contributed by atoms with Gasteiger partial charge in [0, 0.05) is 18.1 Å². The number of methoxy groups -OCH3 is 1. The van der Waals surface area contributed by atoms with Gasteiger partial charge >= 0.3 is 6.18 Å². The van der Waals surface area contributed by atoms with Crippen LogP contribution in [0.4, 0.5) is 18.9 Å². The van der Waals surface area contributed by atoms with Crippen LogP contribution in [0.3, 0.4) is 0 Å². The smallest absolute Gasteiger partial charge is 0.383 e. The number of alkyl halides is 3. The normalized spacial score (nSPS) is 11.2. The quantitative estimate of drug-likeness (QED) is 0.639. The van der Waals surface area contributed by atoms with E-state index in [0.29, 0.717) is 17.6 Å². The van der Waals surface area contributed by atoms with Crippen molar-refractivity contribution in [3.05, 3.63) is 28.2 Å². The molecule has 0 fully saturated rings. The van der Waals surface area contributed by atoms with Crippen molar-refractivity contribution in [1.82, 2.24) is 5.32 Å². The minimum Gasteiger partial charge on any atom is -0.383 e. The van der Waals surface area contributed by atoms with Crippen LogP contribution in [-0.4, -0.2) is 25.4 Å². The van der Waals surface area contributed by atoms with E-state index in [0.717, 1.165) is 6.07 Å². The highest BCUT2D eigenvalue weighted by atomic mass is 79.9. The molecule has 0 heterocycles. The van der Waals surface area contributed by atoms with Crippen molar-refractivity contribution < 1.29 is 17.9 Å². The summed E-state index contributed by atoms with van der Waals surface area (Å²) in [7, 11) is 1.52. The summed E-state index contributed by atoms with van der Waals surface area (Å²) in [5.41, 5.74) is -0.872. The molecule has 1 aromatic carbocycles. The summed E-state index contributed by atoms with van der Waals surface area (Å²) in [5, 5.41) is 5.38. The van der Waals surface area contributed by atoms with Crippen LogP contribution in [-0.2, 0) is 10.9 Å². The van der Waals surface area contributed by atoms with Crippen molar-refractivity contribution in [1.29, 1.82) is 0 Å². The van der Waals surface area contributed by atoms with E-state index in [9.17, 15) is 13.2 Å². The van der Waals surface area contributed by atoms with E-state index in [1.807, 2.05) is 0 Å². The molecule has 0 aromatic heterocycles. The molecule has 106 valence electrons. The van der Waals surface area contributed by atoms with E-state index in [-0.39, 0.29) is 10.8 Å². The first kappa shape index (κ1) is 16.2. The Balaban J connectivity index is 2.80. The molecule has 0 aliphatic heterocycles. The van der Waals surface area contributed by atoms with Gasteiger partial charge in [-0.05, 0) is 30.4 Å². The Bertz CT molecular complexity index is 454. The zero-order chi connectivity index (χ0) is 14.5. The van der Waals surface area contributed by atoms with Crippen LogP contribution in [0.2, 0.25) is 0 Å². The molecule has 0 aliphatic carbocycles. The molecule has 0 unspecified atom stereocenters. The van der Waals surface area contributed by atoms with Gasteiger partial charge in [0.1, 0.15) is 0 Å². The van der Waals surface area contributed by atoms with Crippen LogP contribution < -0.4 is 10.6 Å². The Labute approximate surface area is 122 Å². The molecular formula is C11H12BrF3N2OS. The summed E-state index contributed by atoms with van der Waals surface area (Å²) in [6.07, 6.45) is -4.45. The van der Waals surface area contributed by atoms with Gasteiger partial charge in [-0.15, -0.1) is 0 Å². The molecule has 19 heavy (non-hydrogen) atoms. The minimum atomic E-state index is -4.45. The van der Waals surface area contributed by atoms with E-state index in [1.54, 1.807) is 0 Å².